The minimum atomic E-state index is -0.232. The van der Waals surface area contributed by atoms with Crippen molar-refractivity contribution in [2.45, 2.75) is 25.0 Å². The van der Waals surface area contributed by atoms with Crippen LogP contribution in [0, 0.1) is 5.92 Å². The van der Waals surface area contributed by atoms with Gasteiger partial charge >= 0.3 is 0 Å². The molecule has 2 aliphatic heterocycles. The van der Waals surface area contributed by atoms with Gasteiger partial charge < -0.3 is 10.0 Å². The Morgan fingerprint density at radius 1 is 1.00 bits per heavy atom. The van der Waals surface area contributed by atoms with Gasteiger partial charge in [-0.25, -0.2) is 5.43 Å². The lowest BCUT2D eigenvalue weighted by Crippen LogP contribution is -2.42. The van der Waals surface area contributed by atoms with E-state index < -0.39 is 0 Å². The molecule has 0 saturated carbocycles. The van der Waals surface area contributed by atoms with Crippen LogP contribution in [0.2, 0.25) is 0 Å². The zero-order valence-corrected chi connectivity index (χ0v) is 12.8. The largest absolute Gasteiger partial charge is 0.508 e. The lowest BCUT2D eigenvalue weighted by Gasteiger charge is -2.30. The maximum absolute atomic E-state index is 13.0. The minimum absolute atomic E-state index is 0.0317. The first kappa shape index (κ1) is 14.2. The molecule has 2 fully saturated rings. The maximum Gasteiger partial charge on any atom is 0.246 e. The third-order valence-electron chi connectivity index (χ3n) is 4.84. The normalized spacial score (nSPS) is 29.8. The Hall–Kier alpha value is -2.37. The monoisotopic (exact) mass is 309 g/mol. The molecule has 3 N–H and O–H groups in total. The van der Waals surface area contributed by atoms with E-state index in [9.17, 15) is 9.90 Å². The van der Waals surface area contributed by atoms with Crippen LogP contribution in [0.5, 0.6) is 5.75 Å². The van der Waals surface area contributed by atoms with E-state index in [1.54, 1.807) is 24.3 Å². The van der Waals surface area contributed by atoms with Crippen molar-refractivity contribution in [3.8, 4) is 5.75 Å². The number of fused-ring (bicyclic) bond motifs is 1. The molecule has 5 nitrogen and oxygen atoms in total. The van der Waals surface area contributed by atoms with Crippen molar-refractivity contribution in [3.63, 3.8) is 0 Å². The summed E-state index contributed by atoms with van der Waals surface area (Å²) in [7, 11) is 0. The van der Waals surface area contributed by atoms with E-state index in [4.69, 9.17) is 0 Å². The lowest BCUT2D eigenvalue weighted by molar-refractivity contribution is -0.119. The molecule has 5 heteroatoms. The van der Waals surface area contributed by atoms with Gasteiger partial charge in [0.15, 0.2) is 0 Å². The van der Waals surface area contributed by atoms with Crippen molar-refractivity contribution in [2.75, 3.05) is 4.90 Å². The number of anilines is 1. The predicted octanol–water partition coefficient (Wildman–Crippen LogP) is 1.96. The van der Waals surface area contributed by atoms with E-state index in [-0.39, 0.29) is 35.7 Å². The third-order valence-corrected chi connectivity index (χ3v) is 4.84. The van der Waals surface area contributed by atoms with Crippen LogP contribution in [-0.4, -0.2) is 23.1 Å². The summed E-state index contributed by atoms with van der Waals surface area (Å²) in [6, 6.07) is 16.9. The topological polar surface area (TPSA) is 64.6 Å². The first-order valence-electron chi connectivity index (χ1n) is 7.85. The predicted molar refractivity (Wildman–Crippen MR) is 87.8 cm³/mol. The number of carbonyl (C=O) groups excluding carboxylic acids is 1. The Kier molecular flexibility index (Phi) is 3.32. The van der Waals surface area contributed by atoms with Gasteiger partial charge in [0, 0.05) is 17.6 Å². The highest BCUT2D eigenvalue weighted by Crippen LogP contribution is 2.44. The minimum Gasteiger partial charge on any atom is -0.508 e. The maximum atomic E-state index is 13.0. The average molecular weight is 309 g/mol. The summed E-state index contributed by atoms with van der Waals surface area (Å²) in [5, 5.41) is 9.53. The molecule has 23 heavy (non-hydrogen) atoms. The molecule has 2 saturated heterocycles. The number of rotatable bonds is 2. The Labute approximate surface area is 134 Å². The van der Waals surface area contributed by atoms with Gasteiger partial charge in [0.2, 0.25) is 5.91 Å². The van der Waals surface area contributed by atoms with Crippen LogP contribution in [0.3, 0.4) is 0 Å². The highest BCUT2D eigenvalue weighted by atomic mass is 16.3. The molecule has 0 spiro atoms. The number of hydrogen-bond donors (Lipinski definition) is 3. The molecular weight excluding hydrogens is 290 g/mol. The highest BCUT2D eigenvalue weighted by molar-refractivity contribution is 6.01. The number of carbonyl (C=O) groups is 1. The van der Waals surface area contributed by atoms with E-state index in [1.165, 1.54) is 0 Å². The fraction of sp³-hybridized carbons (Fsp3) is 0.278. The van der Waals surface area contributed by atoms with Crippen LogP contribution in [0.25, 0.3) is 0 Å². The van der Waals surface area contributed by atoms with Crippen molar-refractivity contribution < 1.29 is 9.90 Å². The Morgan fingerprint density at radius 2 is 1.70 bits per heavy atom. The van der Waals surface area contributed by atoms with Gasteiger partial charge in [-0.2, -0.15) is 0 Å². The molecule has 4 unspecified atom stereocenters. The molecule has 2 aromatic carbocycles. The second-order valence-electron chi connectivity index (χ2n) is 6.21. The van der Waals surface area contributed by atoms with E-state index >= 15 is 0 Å². The SMILES string of the molecule is CC1NNC2C(=O)N(c3ccc(O)cc3)C(c3ccccc3)C12. The molecule has 0 bridgehead atoms. The molecule has 1 amide bonds. The molecule has 4 rings (SSSR count). The summed E-state index contributed by atoms with van der Waals surface area (Å²) in [6.45, 7) is 2.10. The first-order valence-corrected chi connectivity index (χ1v) is 7.85. The van der Waals surface area contributed by atoms with Crippen molar-refractivity contribution in [1.29, 1.82) is 0 Å². The summed E-state index contributed by atoms with van der Waals surface area (Å²) in [6.07, 6.45) is 0. The number of phenols is 1. The number of nitrogens with one attached hydrogen (secondary N) is 2. The van der Waals surface area contributed by atoms with Gasteiger partial charge in [0.25, 0.3) is 0 Å². The second-order valence-corrected chi connectivity index (χ2v) is 6.21. The van der Waals surface area contributed by atoms with Crippen LogP contribution in [0.4, 0.5) is 5.69 Å². The molecule has 118 valence electrons. The van der Waals surface area contributed by atoms with Crippen molar-refractivity contribution in [2.24, 2.45) is 5.92 Å². The van der Waals surface area contributed by atoms with Gasteiger partial charge in [0.05, 0.1) is 6.04 Å². The number of amides is 1. The molecule has 0 aromatic heterocycles. The van der Waals surface area contributed by atoms with Crippen molar-refractivity contribution in [1.82, 2.24) is 10.9 Å². The molecule has 0 radical (unpaired) electrons. The zero-order valence-electron chi connectivity index (χ0n) is 12.8. The van der Waals surface area contributed by atoms with Crippen LogP contribution >= 0.6 is 0 Å². The molecule has 2 heterocycles. The van der Waals surface area contributed by atoms with E-state index in [2.05, 4.69) is 29.9 Å². The Bertz CT molecular complexity index is 717. The van der Waals surface area contributed by atoms with Gasteiger partial charge in [0.1, 0.15) is 11.8 Å². The van der Waals surface area contributed by atoms with Crippen molar-refractivity contribution >= 4 is 11.6 Å². The van der Waals surface area contributed by atoms with E-state index in [1.807, 2.05) is 23.1 Å². The fourth-order valence-corrected chi connectivity index (χ4v) is 3.77. The van der Waals surface area contributed by atoms with Gasteiger partial charge in [-0.3, -0.25) is 10.2 Å². The highest BCUT2D eigenvalue weighted by Gasteiger charge is 2.54. The second kappa shape index (κ2) is 5.37. The van der Waals surface area contributed by atoms with Gasteiger partial charge in [-0.05, 0) is 36.8 Å². The zero-order chi connectivity index (χ0) is 16.0. The Morgan fingerprint density at radius 3 is 2.39 bits per heavy atom. The molecule has 2 aromatic rings. The van der Waals surface area contributed by atoms with E-state index in [0.29, 0.717) is 0 Å². The molecular formula is C18H19N3O2. The molecule has 0 aliphatic carbocycles. The number of aromatic hydroxyl groups is 1. The van der Waals surface area contributed by atoms with Crippen LogP contribution in [0.1, 0.15) is 18.5 Å². The number of hydrazine groups is 1. The fourth-order valence-electron chi connectivity index (χ4n) is 3.77. The van der Waals surface area contributed by atoms with E-state index in [0.717, 1.165) is 11.3 Å². The third kappa shape index (κ3) is 2.20. The number of benzene rings is 2. The lowest BCUT2D eigenvalue weighted by atomic mass is 9.87. The van der Waals surface area contributed by atoms with Crippen molar-refractivity contribution in [3.05, 3.63) is 60.2 Å². The average Bonchev–Trinajstić information content (AvgIpc) is 3.08. The summed E-state index contributed by atoms with van der Waals surface area (Å²) >= 11 is 0. The van der Waals surface area contributed by atoms with Crippen LogP contribution in [-0.2, 0) is 4.79 Å². The summed E-state index contributed by atoms with van der Waals surface area (Å²) in [5.74, 6) is 0.412. The number of hydrogen-bond acceptors (Lipinski definition) is 4. The standard InChI is InChI=1S/C18H19N3O2/c1-11-15-16(20-19-11)18(23)21(13-7-9-14(22)10-8-13)17(15)12-5-3-2-4-6-12/h2-11,15-17,19-20,22H,1H3. The number of nitrogens with zero attached hydrogens (tertiary/aromatic N) is 1. The smallest absolute Gasteiger partial charge is 0.246 e. The van der Waals surface area contributed by atoms with Gasteiger partial charge in [-0.15, -0.1) is 0 Å². The van der Waals surface area contributed by atoms with Crippen LogP contribution < -0.4 is 15.8 Å². The van der Waals surface area contributed by atoms with Gasteiger partial charge in [-0.1, -0.05) is 30.3 Å². The summed E-state index contributed by atoms with van der Waals surface area (Å²) in [4.78, 5) is 14.8. The summed E-state index contributed by atoms with van der Waals surface area (Å²) < 4.78 is 0. The summed E-state index contributed by atoms with van der Waals surface area (Å²) in [5.41, 5.74) is 8.27. The Balaban J connectivity index is 1.82. The molecule has 2 aliphatic rings. The van der Waals surface area contributed by atoms with Crippen LogP contribution in [0.15, 0.2) is 54.6 Å². The number of phenolic OH excluding ortho intramolecular Hbond substituents is 1. The first-order chi connectivity index (χ1) is 11.2. The quantitative estimate of drug-likeness (QED) is 0.793. The molecule has 4 atom stereocenters.